The lowest BCUT2D eigenvalue weighted by Gasteiger charge is -2.33. The van der Waals surface area contributed by atoms with Crippen LogP contribution in [-0.4, -0.2) is 54.1 Å². The minimum Gasteiger partial charge on any atom is -0.493 e. The average Bonchev–Trinajstić information content (AvgIpc) is 3.40. The molecule has 1 aromatic heterocycles. The van der Waals surface area contributed by atoms with Crippen molar-refractivity contribution in [1.29, 1.82) is 0 Å². The number of nitrogens with zero attached hydrogens (tertiary/aromatic N) is 3. The SMILES string of the molecule is COc1ccc([C@@H]2C[C@H](C(F)(F)F)n3nc(C(=O)N4CCCC4)c(Cl)c3N2)cc1OC. The van der Waals surface area contributed by atoms with E-state index in [1.807, 2.05) is 0 Å². The van der Waals surface area contributed by atoms with Crippen molar-refractivity contribution in [1.82, 2.24) is 14.7 Å². The van der Waals surface area contributed by atoms with Gasteiger partial charge in [-0.05, 0) is 30.5 Å². The molecule has 0 bridgehead atoms. The molecule has 1 fully saturated rings. The molecular weight excluding hydrogens is 437 g/mol. The zero-order valence-electron chi connectivity index (χ0n) is 17.0. The Morgan fingerprint density at radius 2 is 1.87 bits per heavy atom. The molecule has 2 aliphatic heterocycles. The molecule has 1 saturated heterocycles. The summed E-state index contributed by atoms with van der Waals surface area (Å²) in [5, 5.41) is 6.94. The van der Waals surface area contributed by atoms with Crippen molar-refractivity contribution in [2.24, 2.45) is 0 Å². The van der Waals surface area contributed by atoms with Gasteiger partial charge >= 0.3 is 6.18 Å². The van der Waals surface area contributed by atoms with Gasteiger partial charge in [0.25, 0.3) is 5.91 Å². The molecule has 1 amide bonds. The lowest BCUT2D eigenvalue weighted by molar-refractivity contribution is -0.173. The van der Waals surface area contributed by atoms with Gasteiger partial charge in [-0.15, -0.1) is 0 Å². The van der Waals surface area contributed by atoms with Gasteiger partial charge in [-0.1, -0.05) is 17.7 Å². The van der Waals surface area contributed by atoms with E-state index in [2.05, 4.69) is 10.4 Å². The molecule has 2 aromatic rings. The maximum absolute atomic E-state index is 13.9. The van der Waals surface area contributed by atoms with E-state index in [1.54, 1.807) is 23.1 Å². The third-order valence-electron chi connectivity index (χ3n) is 5.70. The van der Waals surface area contributed by atoms with Crippen LogP contribution in [0.25, 0.3) is 0 Å². The number of benzene rings is 1. The molecule has 1 N–H and O–H groups in total. The fourth-order valence-electron chi connectivity index (χ4n) is 4.08. The summed E-state index contributed by atoms with van der Waals surface area (Å²) in [7, 11) is 2.93. The fraction of sp³-hybridized carbons (Fsp3) is 0.500. The summed E-state index contributed by atoms with van der Waals surface area (Å²) < 4.78 is 53.1. The van der Waals surface area contributed by atoms with Crippen LogP contribution in [0, 0.1) is 0 Å². The zero-order chi connectivity index (χ0) is 22.3. The summed E-state index contributed by atoms with van der Waals surface area (Å²) in [6.45, 7) is 1.09. The normalized spacial score (nSPS) is 20.9. The third-order valence-corrected chi connectivity index (χ3v) is 6.06. The Morgan fingerprint density at radius 1 is 1.19 bits per heavy atom. The van der Waals surface area contributed by atoms with E-state index in [0.717, 1.165) is 17.5 Å². The lowest BCUT2D eigenvalue weighted by Crippen LogP contribution is -2.36. The maximum atomic E-state index is 13.9. The Hall–Kier alpha value is -2.62. The molecule has 0 spiro atoms. The van der Waals surface area contributed by atoms with Crippen LogP contribution >= 0.6 is 11.6 Å². The average molecular weight is 459 g/mol. The number of ether oxygens (including phenoxy) is 2. The van der Waals surface area contributed by atoms with Gasteiger partial charge in [0.15, 0.2) is 23.2 Å². The van der Waals surface area contributed by atoms with Crippen molar-refractivity contribution in [3.63, 3.8) is 0 Å². The number of alkyl halides is 3. The molecule has 0 aliphatic carbocycles. The highest BCUT2D eigenvalue weighted by molar-refractivity contribution is 6.36. The lowest BCUT2D eigenvalue weighted by atomic mass is 9.96. The number of carbonyl (C=O) groups is 1. The Kier molecular flexibility index (Phi) is 5.67. The van der Waals surface area contributed by atoms with Gasteiger partial charge in [0.2, 0.25) is 0 Å². The topological polar surface area (TPSA) is 68.6 Å². The second-order valence-corrected chi connectivity index (χ2v) is 7.94. The van der Waals surface area contributed by atoms with Crippen LogP contribution in [0.1, 0.15) is 47.4 Å². The Labute approximate surface area is 182 Å². The number of nitrogens with one attached hydrogen (secondary N) is 1. The molecule has 2 atom stereocenters. The number of methoxy groups -OCH3 is 2. The van der Waals surface area contributed by atoms with Crippen molar-refractivity contribution in [2.45, 2.75) is 37.5 Å². The van der Waals surface area contributed by atoms with Crippen molar-refractivity contribution in [2.75, 3.05) is 32.6 Å². The minimum absolute atomic E-state index is 0.0161. The van der Waals surface area contributed by atoms with Gasteiger partial charge in [-0.2, -0.15) is 18.3 Å². The molecule has 1 aromatic carbocycles. The highest BCUT2D eigenvalue weighted by atomic mass is 35.5. The quantitative estimate of drug-likeness (QED) is 0.733. The Morgan fingerprint density at radius 3 is 2.48 bits per heavy atom. The summed E-state index contributed by atoms with van der Waals surface area (Å²) in [6.07, 6.45) is -3.19. The number of hydrogen-bond acceptors (Lipinski definition) is 5. The monoisotopic (exact) mass is 458 g/mol. The van der Waals surface area contributed by atoms with E-state index in [0.29, 0.717) is 30.2 Å². The number of rotatable bonds is 4. The van der Waals surface area contributed by atoms with Gasteiger partial charge in [0, 0.05) is 19.5 Å². The summed E-state index contributed by atoms with van der Waals surface area (Å²) in [5.41, 5.74) is 0.413. The highest BCUT2D eigenvalue weighted by Crippen LogP contribution is 2.47. The molecule has 7 nitrogen and oxygen atoms in total. The van der Waals surface area contributed by atoms with Gasteiger partial charge in [0.05, 0.1) is 20.3 Å². The molecule has 11 heteroatoms. The van der Waals surface area contributed by atoms with Crippen LogP contribution in [0.2, 0.25) is 5.02 Å². The van der Waals surface area contributed by atoms with E-state index in [-0.39, 0.29) is 23.0 Å². The molecule has 31 heavy (non-hydrogen) atoms. The van der Waals surface area contributed by atoms with E-state index in [9.17, 15) is 18.0 Å². The molecule has 3 heterocycles. The first-order valence-corrected chi connectivity index (χ1v) is 10.2. The van der Waals surface area contributed by atoms with Crippen molar-refractivity contribution in [3.05, 3.63) is 34.5 Å². The van der Waals surface area contributed by atoms with Crippen LogP contribution in [0.15, 0.2) is 18.2 Å². The number of hydrogen-bond donors (Lipinski definition) is 1. The number of halogens is 4. The maximum Gasteiger partial charge on any atom is 0.410 e. The summed E-state index contributed by atoms with van der Waals surface area (Å²) >= 11 is 6.38. The molecule has 0 unspecified atom stereocenters. The first-order chi connectivity index (χ1) is 14.7. The largest absolute Gasteiger partial charge is 0.493 e. The second-order valence-electron chi connectivity index (χ2n) is 7.56. The van der Waals surface area contributed by atoms with Gasteiger partial charge in [-0.3, -0.25) is 4.79 Å². The number of carbonyl (C=O) groups excluding carboxylic acids is 1. The van der Waals surface area contributed by atoms with E-state index in [4.69, 9.17) is 21.1 Å². The highest BCUT2D eigenvalue weighted by Gasteiger charge is 2.48. The standard InChI is InChI=1S/C20H22ClF3N4O3/c1-30-13-6-5-11(9-14(13)31-2)12-10-15(20(22,23)24)28-18(25-12)16(21)17(26-28)19(29)27-7-3-4-8-27/h5-6,9,12,15,25H,3-4,7-8,10H2,1-2H3/t12-,15+/m0/s1. The molecule has 0 saturated carbocycles. The Bertz CT molecular complexity index is 989. The number of likely N-dealkylation sites (tertiary alicyclic amines) is 1. The fourth-order valence-corrected chi connectivity index (χ4v) is 4.34. The first kappa shape index (κ1) is 21.6. The van der Waals surface area contributed by atoms with Crippen LogP contribution in [-0.2, 0) is 0 Å². The van der Waals surface area contributed by atoms with E-state index >= 15 is 0 Å². The Balaban J connectivity index is 1.73. The van der Waals surface area contributed by atoms with Gasteiger partial charge < -0.3 is 19.7 Å². The molecule has 0 radical (unpaired) electrons. The molecule has 2 aliphatic rings. The zero-order valence-corrected chi connectivity index (χ0v) is 17.8. The summed E-state index contributed by atoms with van der Waals surface area (Å²) in [5.74, 6) is 0.406. The van der Waals surface area contributed by atoms with Crippen molar-refractivity contribution >= 4 is 23.3 Å². The van der Waals surface area contributed by atoms with Crippen LogP contribution in [0.5, 0.6) is 11.5 Å². The van der Waals surface area contributed by atoms with Gasteiger partial charge in [0.1, 0.15) is 10.8 Å². The smallest absolute Gasteiger partial charge is 0.410 e. The predicted molar refractivity (Wildman–Crippen MR) is 108 cm³/mol. The minimum atomic E-state index is -4.57. The first-order valence-electron chi connectivity index (χ1n) is 9.87. The van der Waals surface area contributed by atoms with Crippen molar-refractivity contribution < 1.29 is 27.4 Å². The van der Waals surface area contributed by atoms with Crippen LogP contribution in [0.3, 0.4) is 0 Å². The van der Waals surface area contributed by atoms with E-state index in [1.165, 1.54) is 14.2 Å². The van der Waals surface area contributed by atoms with Crippen LogP contribution < -0.4 is 14.8 Å². The molecule has 4 rings (SSSR count). The van der Waals surface area contributed by atoms with E-state index < -0.39 is 24.2 Å². The van der Waals surface area contributed by atoms with Crippen molar-refractivity contribution in [3.8, 4) is 11.5 Å². The number of fused-ring (bicyclic) bond motifs is 1. The molecular formula is C20H22ClF3N4O3. The second kappa shape index (κ2) is 8.14. The number of aromatic nitrogens is 2. The molecule has 168 valence electrons. The van der Waals surface area contributed by atoms with Gasteiger partial charge in [-0.25, -0.2) is 4.68 Å². The predicted octanol–water partition coefficient (Wildman–Crippen LogP) is 4.45. The number of anilines is 1. The van der Waals surface area contributed by atoms with Crippen LogP contribution in [0.4, 0.5) is 19.0 Å². The summed E-state index contributed by atoms with van der Waals surface area (Å²) in [6, 6.07) is 2.28. The summed E-state index contributed by atoms with van der Waals surface area (Å²) in [4.78, 5) is 14.3. The third kappa shape index (κ3) is 3.88. The number of amides is 1.